The molecule has 8 N–H and O–H groups in total. The lowest BCUT2D eigenvalue weighted by Gasteiger charge is -2.42. The number of ketones is 1. The molecule has 2 heterocycles. The van der Waals surface area contributed by atoms with Crippen molar-refractivity contribution in [3.05, 3.63) is 101 Å². The average Bonchev–Trinajstić information content (AvgIpc) is 3.56. The number of ether oxygens (including phenoxy) is 2. The first kappa shape index (κ1) is 36.9. The van der Waals surface area contributed by atoms with Crippen molar-refractivity contribution >= 4 is 22.2 Å². The third-order valence-corrected chi connectivity index (χ3v) is 11.7. The summed E-state index contributed by atoms with van der Waals surface area (Å²) in [6.07, 6.45) is 5.18. The third-order valence-electron chi connectivity index (χ3n) is 11.7. The van der Waals surface area contributed by atoms with Gasteiger partial charge in [-0.3, -0.25) is 4.79 Å². The summed E-state index contributed by atoms with van der Waals surface area (Å²) < 4.78 is 10.7. The van der Waals surface area contributed by atoms with Gasteiger partial charge in [-0.05, 0) is 132 Å². The SMILES string of the molecule is COc1cc(CCC(O)C2C(=O)CC(c3cc(O)c(O)c(OC)c3)CCc3c(ccc4cc(O)ccc34)NC3=CC(=CCN3)C23CCC(O)C3)ccc1O. The predicted octanol–water partition coefficient (Wildman–Crippen LogP) is 6.29. The third kappa shape index (κ3) is 7.13. The van der Waals surface area contributed by atoms with Gasteiger partial charge in [-0.1, -0.05) is 24.3 Å². The topological polar surface area (TPSA) is 181 Å². The van der Waals surface area contributed by atoms with Crippen molar-refractivity contribution in [2.45, 2.75) is 69.5 Å². The first-order valence-electron chi connectivity index (χ1n) is 18.5. The molecule has 0 radical (unpaired) electrons. The molecule has 1 aliphatic carbocycles. The second-order valence-corrected chi connectivity index (χ2v) is 14.9. The first-order chi connectivity index (χ1) is 26.0. The number of aryl methyl sites for hydroxylation is 2. The molecule has 3 aliphatic rings. The number of allylic oxidation sites excluding steroid dienone is 2. The van der Waals surface area contributed by atoms with E-state index in [2.05, 4.69) is 10.6 Å². The highest BCUT2D eigenvalue weighted by Gasteiger charge is 2.52. The highest BCUT2D eigenvalue weighted by Crippen LogP contribution is 2.54. The second kappa shape index (κ2) is 15.2. The summed E-state index contributed by atoms with van der Waals surface area (Å²) in [6, 6.07) is 17.3. The predicted molar refractivity (Wildman–Crippen MR) is 205 cm³/mol. The number of phenols is 4. The number of fused-ring (bicyclic) bond motifs is 5. The Labute approximate surface area is 314 Å². The van der Waals surface area contributed by atoms with Crippen LogP contribution in [0.1, 0.15) is 61.1 Å². The Balaban J connectivity index is 1.36. The summed E-state index contributed by atoms with van der Waals surface area (Å²) in [5.74, 6) is -0.994. The Morgan fingerprint density at radius 2 is 1.74 bits per heavy atom. The fourth-order valence-corrected chi connectivity index (χ4v) is 8.98. The largest absolute Gasteiger partial charge is 0.508 e. The number of rotatable bonds is 7. The Morgan fingerprint density at radius 3 is 2.50 bits per heavy atom. The number of nitrogens with one attached hydrogen (secondary N) is 2. The van der Waals surface area contributed by atoms with Gasteiger partial charge in [0.05, 0.1) is 32.3 Å². The molecule has 0 aromatic heterocycles. The Kier molecular flexibility index (Phi) is 10.4. The molecule has 0 amide bonds. The summed E-state index contributed by atoms with van der Waals surface area (Å²) in [5, 5.41) is 74.0. The molecule has 0 saturated heterocycles. The smallest absolute Gasteiger partial charge is 0.200 e. The number of phenolic OH excluding ortho intramolecular Hbond substituents is 4. The van der Waals surface area contributed by atoms with Gasteiger partial charge in [-0.25, -0.2) is 0 Å². The van der Waals surface area contributed by atoms with Crippen LogP contribution in [0.15, 0.2) is 84.2 Å². The van der Waals surface area contributed by atoms with Gasteiger partial charge >= 0.3 is 0 Å². The van der Waals surface area contributed by atoms with Gasteiger partial charge in [0.2, 0.25) is 5.75 Å². The first-order valence-corrected chi connectivity index (χ1v) is 18.5. The van der Waals surface area contributed by atoms with Gasteiger partial charge < -0.3 is 50.7 Å². The van der Waals surface area contributed by atoms with Crippen LogP contribution >= 0.6 is 0 Å². The van der Waals surface area contributed by atoms with E-state index in [1.165, 1.54) is 20.3 Å². The number of methoxy groups -OCH3 is 2. The lowest BCUT2D eigenvalue weighted by atomic mass is 9.62. The molecule has 1 spiro atoms. The summed E-state index contributed by atoms with van der Waals surface area (Å²) in [6.45, 7) is 0.475. The standard InChI is InChI=1S/C43H48N2O9/c1-53-38-17-24(3-11-34(38)48)4-12-35(49)41-36(50)19-25(27-20-37(51)42(52)39(21-27)54-2)5-8-32-31-9-7-29(46)18-26(31)6-10-33(32)45-40-22-28(14-16-44-40)43(41)15-13-30(47)23-43/h3,6-7,9-11,14,17-18,20-22,25,30,35,41,44-49,51-52H,4-5,8,12-13,15-16,19,23H2,1-2H3. The molecule has 11 nitrogen and oxygen atoms in total. The number of benzene rings is 4. The Morgan fingerprint density at radius 1 is 0.926 bits per heavy atom. The van der Waals surface area contributed by atoms with E-state index in [0.29, 0.717) is 56.4 Å². The zero-order valence-corrected chi connectivity index (χ0v) is 30.5. The molecule has 2 aliphatic heterocycles. The van der Waals surface area contributed by atoms with Gasteiger partial charge in [-0.2, -0.15) is 0 Å². The normalized spacial score (nSPS) is 23.5. The van der Waals surface area contributed by atoms with E-state index >= 15 is 4.79 Å². The van der Waals surface area contributed by atoms with Gasteiger partial charge in [0.15, 0.2) is 23.0 Å². The number of anilines is 1. The molecular weight excluding hydrogens is 688 g/mol. The number of carbonyl (C=O) groups is 1. The minimum atomic E-state index is -1.09. The molecule has 4 aromatic rings. The molecule has 1 saturated carbocycles. The molecule has 7 rings (SSSR count). The average molecular weight is 737 g/mol. The zero-order valence-electron chi connectivity index (χ0n) is 30.5. The summed E-state index contributed by atoms with van der Waals surface area (Å²) in [5.41, 5.74) is 3.25. The fraction of sp³-hybridized carbons (Fsp3) is 0.372. The van der Waals surface area contributed by atoms with Crippen LogP contribution in [0.2, 0.25) is 0 Å². The quantitative estimate of drug-likeness (QED) is 0.0999. The maximum atomic E-state index is 15.2. The van der Waals surface area contributed by atoms with Crippen molar-refractivity contribution in [1.82, 2.24) is 5.32 Å². The van der Waals surface area contributed by atoms with E-state index in [4.69, 9.17) is 9.47 Å². The van der Waals surface area contributed by atoms with Gasteiger partial charge in [-0.15, -0.1) is 0 Å². The van der Waals surface area contributed by atoms with Crippen LogP contribution in [0.3, 0.4) is 0 Å². The number of hydrogen-bond acceptors (Lipinski definition) is 11. The van der Waals surface area contributed by atoms with E-state index < -0.39 is 35.2 Å². The molecule has 54 heavy (non-hydrogen) atoms. The number of aliphatic hydroxyl groups excluding tert-OH is 2. The van der Waals surface area contributed by atoms with Crippen molar-refractivity contribution in [1.29, 1.82) is 0 Å². The number of dihydropyridines is 1. The van der Waals surface area contributed by atoms with Crippen molar-refractivity contribution in [3.63, 3.8) is 0 Å². The highest BCUT2D eigenvalue weighted by atomic mass is 16.5. The van der Waals surface area contributed by atoms with E-state index in [9.17, 15) is 30.6 Å². The van der Waals surface area contributed by atoms with Crippen molar-refractivity contribution in [3.8, 4) is 34.5 Å². The van der Waals surface area contributed by atoms with Crippen molar-refractivity contribution in [2.75, 3.05) is 26.1 Å². The van der Waals surface area contributed by atoms with Gasteiger partial charge in [0.25, 0.3) is 0 Å². The van der Waals surface area contributed by atoms with E-state index in [-0.39, 0.29) is 41.6 Å². The van der Waals surface area contributed by atoms with Crippen molar-refractivity contribution in [2.24, 2.45) is 11.3 Å². The molecular formula is C43H48N2O9. The van der Waals surface area contributed by atoms with E-state index in [1.807, 2.05) is 30.4 Å². The minimum absolute atomic E-state index is 0.0103. The Hall–Kier alpha value is -5.39. The number of aliphatic hydroxyl groups is 2. The van der Waals surface area contributed by atoms with Crippen LogP contribution in [0.5, 0.6) is 34.5 Å². The van der Waals surface area contributed by atoms with Gasteiger partial charge in [0.1, 0.15) is 17.4 Å². The van der Waals surface area contributed by atoms with E-state index in [0.717, 1.165) is 39.0 Å². The molecule has 2 bridgehead atoms. The highest BCUT2D eigenvalue weighted by molar-refractivity contribution is 5.91. The van der Waals surface area contributed by atoms with Gasteiger partial charge in [0, 0.05) is 24.1 Å². The number of carbonyl (C=O) groups excluding carboxylic acids is 1. The molecule has 11 heteroatoms. The monoisotopic (exact) mass is 736 g/mol. The maximum absolute atomic E-state index is 15.2. The zero-order chi connectivity index (χ0) is 38.1. The fourth-order valence-electron chi connectivity index (χ4n) is 8.98. The summed E-state index contributed by atoms with van der Waals surface area (Å²) in [4.78, 5) is 15.2. The molecule has 1 fully saturated rings. The van der Waals surface area contributed by atoms with E-state index in [1.54, 1.807) is 36.4 Å². The van der Waals surface area contributed by atoms with Crippen LogP contribution in [-0.4, -0.2) is 69.4 Å². The Bertz CT molecular complexity index is 2130. The number of Topliss-reactive ketones (excluding diaryl/α,β-unsaturated/α-hetero) is 1. The van der Waals surface area contributed by atoms with Crippen LogP contribution in [0.4, 0.5) is 5.69 Å². The molecule has 5 unspecified atom stereocenters. The second-order valence-electron chi connectivity index (χ2n) is 14.9. The summed E-state index contributed by atoms with van der Waals surface area (Å²) in [7, 11) is 2.88. The lowest BCUT2D eigenvalue weighted by molar-refractivity contribution is -0.132. The number of hydrogen-bond donors (Lipinski definition) is 8. The van der Waals surface area contributed by atoms with Crippen LogP contribution < -0.4 is 20.1 Å². The molecule has 284 valence electrons. The van der Waals surface area contributed by atoms with Crippen molar-refractivity contribution < 1.29 is 44.9 Å². The summed E-state index contributed by atoms with van der Waals surface area (Å²) >= 11 is 0. The number of aromatic hydroxyl groups is 4. The molecule has 4 aromatic carbocycles. The van der Waals surface area contributed by atoms with Crippen LogP contribution in [0.25, 0.3) is 10.8 Å². The van der Waals surface area contributed by atoms with Crippen LogP contribution in [0, 0.1) is 11.3 Å². The minimum Gasteiger partial charge on any atom is -0.508 e. The maximum Gasteiger partial charge on any atom is 0.200 e. The molecule has 5 atom stereocenters. The van der Waals surface area contributed by atoms with Crippen LogP contribution in [-0.2, 0) is 17.6 Å². The lowest BCUT2D eigenvalue weighted by Crippen LogP contribution is -2.45.